The van der Waals surface area contributed by atoms with Gasteiger partial charge in [0.15, 0.2) is 23.3 Å². The van der Waals surface area contributed by atoms with Crippen LogP contribution < -0.4 is 5.73 Å². The van der Waals surface area contributed by atoms with Gasteiger partial charge in [-0.25, -0.2) is 17.6 Å². The lowest BCUT2D eigenvalue weighted by atomic mass is 10.1. The summed E-state index contributed by atoms with van der Waals surface area (Å²) < 4.78 is 49.8. The summed E-state index contributed by atoms with van der Waals surface area (Å²) in [5.41, 5.74) is 3.80. The van der Waals surface area contributed by atoms with Crippen molar-refractivity contribution in [1.29, 1.82) is 0 Å². The summed E-state index contributed by atoms with van der Waals surface area (Å²) in [6, 6.07) is 0. The molecule has 0 fully saturated rings. The number of hydrogen-bond donors (Lipinski definition) is 2. The lowest BCUT2D eigenvalue weighted by Crippen LogP contribution is -2.05. The normalized spacial score (nSPS) is 8.41. The first-order chi connectivity index (χ1) is 7.88. The van der Waals surface area contributed by atoms with Crippen molar-refractivity contribution >= 4 is 12.2 Å². The maximum absolute atomic E-state index is 12.6. The largest absolute Gasteiger partial charge is 0.483 e. The number of benzene rings is 1. The molecule has 0 atom stereocenters. The Labute approximate surface area is 95.9 Å². The third-order valence-electron chi connectivity index (χ3n) is 1.55. The van der Waals surface area contributed by atoms with E-state index in [1.54, 1.807) is 0 Å². The first-order valence-corrected chi connectivity index (χ1v) is 4.54. The second-order valence-corrected chi connectivity index (χ2v) is 2.40. The van der Waals surface area contributed by atoms with Gasteiger partial charge in [-0.05, 0) is 6.92 Å². The van der Waals surface area contributed by atoms with Gasteiger partial charge in [0.25, 0.3) is 6.47 Å². The Bertz CT molecular complexity index is 278. The Balaban J connectivity index is 0. The van der Waals surface area contributed by atoms with E-state index in [9.17, 15) is 17.6 Å². The molecule has 0 unspecified atom stereocenters. The number of nitrogen functional groups attached to an aromatic ring is 1. The Kier molecular flexibility index (Phi) is 8.67. The second kappa shape index (κ2) is 8.37. The molecular formula is C10H13F4NO2. The van der Waals surface area contributed by atoms with E-state index in [1.165, 1.54) is 0 Å². The van der Waals surface area contributed by atoms with Crippen LogP contribution in [0.5, 0.6) is 0 Å². The fourth-order valence-electron chi connectivity index (χ4n) is 0.758. The van der Waals surface area contributed by atoms with E-state index >= 15 is 0 Å². The van der Waals surface area contributed by atoms with Crippen LogP contribution in [0.1, 0.15) is 19.4 Å². The van der Waals surface area contributed by atoms with Gasteiger partial charge in [0, 0.05) is 5.56 Å². The Morgan fingerprint density at radius 3 is 1.65 bits per heavy atom. The summed E-state index contributed by atoms with van der Waals surface area (Å²) in [5.74, 6) is -6.72. The average molecular weight is 255 g/mol. The molecular weight excluding hydrogens is 242 g/mol. The minimum atomic E-state index is -1.88. The third-order valence-corrected chi connectivity index (χ3v) is 1.55. The van der Waals surface area contributed by atoms with Gasteiger partial charge in [-0.3, -0.25) is 4.79 Å². The van der Waals surface area contributed by atoms with Crippen molar-refractivity contribution in [3.63, 3.8) is 0 Å². The molecule has 98 valence electrons. The first kappa shape index (κ1) is 17.6. The summed E-state index contributed by atoms with van der Waals surface area (Å²) in [6.07, 6.45) is 0. The summed E-state index contributed by atoms with van der Waals surface area (Å²) in [6.45, 7) is 4.82. The van der Waals surface area contributed by atoms with Gasteiger partial charge in [0.2, 0.25) is 0 Å². The quantitative estimate of drug-likeness (QED) is 0.246. The van der Waals surface area contributed by atoms with Crippen molar-refractivity contribution in [3.05, 3.63) is 28.8 Å². The molecule has 0 amide bonds. The highest BCUT2D eigenvalue weighted by atomic mass is 19.2. The lowest BCUT2D eigenvalue weighted by Gasteiger charge is -2.04. The van der Waals surface area contributed by atoms with Gasteiger partial charge < -0.3 is 10.8 Å². The maximum Gasteiger partial charge on any atom is 0.290 e. The van der Waals surface area contributed by atoms with E-state index < -0.39 is 34.5 Å². The molecule has 0 heterocycles. The maximum atomic E-state index is 12.6. The summed E-state index contributed by atoms with van der Waals surface area (Å²) in [4.78, 5) is 8.36. The number of rotatable bonds is 0. The fourth-order valence-corrected chi connectivity index (χ4v) is 0.758. The number of carbonyl (C=O) groups is 1. The van der Waals surface area contributed by atoms with Crippen LogP contribution in [0.3, 0.4) is 0 Å². The van der Waals surface area contributed by atoms with E-state index in [-0.39, 0.29) is 6.47 Å². The Morgan fingerprint density at radius 2 is 1.29 bits per heavy atom. The van der Waals surface area contributed by atoms with E-state index in [2.05, 4.69) is 0 Å². The number of anilines is 1. The van der Waals surface area contributed by atoms with Crippen molar-refractivity contribution in [3.8, 4) is 0 Å². The number of carboxylic acid groups (broad SMARTS) is 1. The minimum absolute atomic E-state index is 0.250. The van der Waals surface area contributed by atoms with Gasteiger partial charge in [-0.1, -0.05) is 13.8 Å². The molecule has 1 rings (SSSR count). The molecule has 0 saturated heterocycles. The van der Waals surface area contributed by atoms with Crippen LogP contribution in [0.25, 0.3) is 0 Å². The van der Waals surface area contributed by atoms with Gasteiger partial charge >= 0.3 is 0 Å². The van der Waals surface area contributed by atoms with Gasteiger partial charge in [0.05, 0.1) is 5.69 Å². The number of halogens is 4. The van der Waals surface area contributed by atoms with Crippen LogP contribution in [-0.2, 0) is 4.79 Å². The molecule has 3 N–H and O–H groups in total. The van der Waals surface area contributed by atoms with E-state index in [0.717, 1.165) is 6.92 Å². The molecule has 0 aromatic heterocycles. The average Bonchev–Trinajstić information content (AvgIpc) is 2.35. The van der Waals surface area contributed by atoms with Crippen LogP contribution in [0, 0.1) is 30.2 Å². The molecule has 0 aliphatic carbocycles. The zero-order chi connectivity index (χ0) is 14.2. The highest BCUT2D eigenvalue weighted by Gasteiger charge is 2.20. The first-order valence-electron chi connectivity index (χ1n) is 4.54. The van der Waals surface area contributed by atoms with Crippen molar-refractivity contribution in [2.75, 3.05) is 5.73 Å². The molecule has 1 aromatic carbocycles. The van der Waals surface area contributed by atoms with E-state index in [4.69, 9.17) is 15.6 Å². The minimum Gasteiger partial charge on any atom is -0.483 e. The zero-order valence-corrected chi connectivity index (χ0v) is 9.52. The molecule has 0 spiro atoms. The van der Waals surface area contributed by atoms with Gasteiger partial charge in [0.1, 0.15) is 0 Å². The van der Waals surface area contributed by atoms with Crippen molar-refractivity contribution in [1.82, 2.24) is 0 Å². The molecule has 1 aromatic rings. The standard InChI is InChI=1S/C7H5F4N.C2H6.CH2O2/c1-2-3(8)4(9)5(10)6(11)7(2)12;1-2;2-1-3/h12H2,1H3;1-2H3;1H,(H,2,3). The van der Waals surface area contributed by atoms with Crippen molar-refractivity contribution in [2.24, 2.45) is 0 Å². The van der Waals surface area contributed by atoms with Gasteiger partial charge in [-0.2, -0.15) is 0 Å². The van der Waals surface area contributed by atoms with Crippen LogP contribution in [0.15, 0.2) is 0 Å². The molecule has 0 saturated carbocycles. The molecule has 0 aliphatic heterocycles. The molecule has 0 aliphatic rings. The summed E-state index contributed by atoms with van der Waals surface area (Å²) >= 11 is 0. The highest BCUT2D eigenvalue weighted by Crippen LogP contribution is 2.24. The topological polar surface area (TPSA) is 63.3 Å². The lowest BCUT2D eigenvalue weighted by molar-refractivity contribution is -0.122. The Morgan fingerprint density at radius 1 is 1.00 bits per heavy atom. The number of nitrogens with two attached hydrogens (primary N) is 1. The second-order valence-electron chi connectivity index (χ2n) is 2.40. The molecule has 17 heavy (non-hydrogen) atoms. The molecule has 0 radical (unpaired) electrons. The van der Waals surface area contributed by atoms with Crippen LogP contribution in [0.4, 0.5) is 23.2 Å². The smallest absolute Gasteiger partial charge is 0.290 e. The predicted molar refractivity (Wildman–Crippen MR) is 55.5 cm³/mol. The number of hydrogen-bond acceptors (Lipinski definition) is 2. The van der Waals surface area contributed by atoms with Crippen molar-refractivity contribution < 1.29 is 27.5 Å². The molecule has 7 heteroatoms. The summed E-state index contributed by atoms with van der Waals surface area (Å²) in [5, 5.41) is 6.89. The fraction of sp³-hybridized carbons (Fsp3) is 0.300. The highest BCUT2D eigenvalue weighted by molar-refractivity contribution is 5.48. The molecule has 3 nitrogen and oxygen atoms in total. The van der Waals surface area contributed by atoms with Crippen LogP contribution in [-0.4, -0.2) is 11.6 Å². The zero-order valence-electron chi connectivity index (χ0n) is 9.52. The SMILES string of the molecule is CC.Cc1c(N)c(F)c(F)c(F)c1F.O=CO. The van der Waals surface area contributed by atoms with Gasteiger partial charge in [-0.15, -0.1) is 0 Å². The van der Waals surface area contributed by atoms with Crippen LogP contribution >= 0.6 is 0 Å². The van der Waals surface area contributed by atoms with E-state index in [0.29, 0.717) is 0 Å². The third kappa shape index (κ3) is 4.29. The van der Waals surface area contributed by atoms with Crippen LogP contribution in [0.2, 0.25) is 0 Å². The Hall–Kier alpha value is -1.79. The predicted octanol–water partition coefficient (Wildman–Crippen LogP) is 2.86. The monoisotopic (exact) mass is 255 g/mol. The summed E-state index contributed by atoms with van der Waals surface area (Å²) in [7, 11) is 0. The van der Waals surface area contributed by atoms with Crippen molar-refractivity contribution in [2.45, 2.75) is 20.8 Å². The molecule has 0 bridgehead atoms. The van der Waals surface area contributed by atoms with E-state index in [1.807, 2.05) is 13.8 Å².